The van der Waals surface area contributed by atoms with Gasteiger partial charge >= 0.3 is 0 Å². The summed E-state index contributed by atoms with van der Waals surface area (Å²) in [6.45, 7) is 3.87. The third-order valence-electron chi connectivity index (χ3n) is 4.93. The minimum atomic E-state index is -0.338. The average Bonchev–Trinajstić information content (AvgIpc) is 2.82. The molecule has 34 heavy (non-hydrogen) atoms. The molecular weight excluding hydrogens is 472 g/mol. The molecule has 7 nitrogen and oxygen atoms in total. The Morgan fingerprint density at radius 1 is 1.03 bits per heavy atom. The van der Waals surface area contributed by atoms with Crippen molar-refractivity contribution in [3.8, 4) is 11.5 Å². The Hall–Kier alpha value is -3.62. The molecular formula is C25H25ClN4O3S. The number of aryl methyl sites for hydroxylation is 1. The highest BCUT2D eigenvalue weighted by Crippen LogP contribution is 2.28. The zero-order valence-electron chi connectivity index (χ0n) is 19.0. The Labute approximate surface area is 209 Å². The summed E-state index contributed by atoms with van der Waals surface area (Å²) in [5.74, 6) is 0.550. The van der Waals surface area contributed by atoms with Crippen molar-refractivity contribution in [3.05, 3.63) is 82.4 Å². The van der Waals surface area contributed by atoms with E-state index in [0.29, 0.717) is 27.3 Å². The van der Waals surface area contributed by atoms with Gasteiger partial charge in [0.1, 0.15) is 0 Å². The first-order valence-corrected chi connectivity index (χ1v) is 11.2. The smallest absolute Gasteiger partial charge is 0.262 e. The predicted octanol–water partition coefficient (Wildman–Crippen LogP) is 5.30. The van der Waals surface area contributed by atoms with Gasteiger partial charge in [0.15, 0.2) is 23.2 Å². The van der Waals surface area contributed by atoms with E-state index in [4.69, 9.17) is 33.3 Å². The van der Waals surface area contributed by atoms with Crippen LogP contribution in [0.5, 0.6) is 11.5 Å². The van der Waals surface area contributed by atoms with Gasteiger partial charge in [0.25, 0.3) is 5.91 Å². The van der Waals surface area contributed by atoms with E-state index < -0.39 is 0 Å². The van der Waals surface area contributed by atoms with Crippen molar-refractivity contribution in [2.24, 2.45) is 5.10 Å². The van der Waals surface area contributed by atoms with Crippen LogP contribution in [0.4, 0.5) is 11.4 Å². The number of thiocarbonyl (C=S) groups is 1. The number of carbonyl (C=O) groups excluding carboxylic acids is 1. The molecule has 0 aliphatic rings. The summed E-state index contributed by atoms with van der Waals surface area (Å²) in [6.07, 6.45) is 1.60. The Morgan fingerprint density at radius 3 is 2.56 bits per heavy atom. The lowest BCUT2D eigenvalue weighted by molar-refractivity contribution is -0.118. The topological polar surface area (TPSA) is 84.0 Å². The second-order valence-corrected chi connectivity index (χ2v) is 8.11. The van der Waals surface area contributed by atoms with Crippen molar-refractivity contribution >= 4 is 52.4 Å². The van der Waals surface area contributed by atoms with Crippen LogP contribution in [0.2, 0.25) is 5.02 Å². The minimum Gasteiger partial charge on any atom is -0.493 e. The van der Waals surface area contributed by atoms with Crippen LogP contribution in [0.1, 0.15) is 16.7 Å². The molecule has 0 aliphatic heterocycles. The van der Waals surface area contributed by atoms with Crippen molar-refractivity contribution in [2.45, 2.75) is 13.8 Å². The number of halogens is 1. The van der Waals surface area contributed by atoms with E-state index in [2.05, 4.69) is 21.2 Å². The lowest BCUT2D eigenvalue weighted by Gasteiger charge is -2.12. The summed E-state index contributed by atoms with van der Waals surface area (Å²) in [5.41, 5.74) is 7.30. The molecule has 3 aromatic rings. The van der Waals surface area contributed by atoms with E-state index in [1.807, 2.05) is 32.0 Å². The average molecular weight is 497 g/mol. The van der Waals surface area contributed by atoms with Gasteiger partial charge in [0.05, 0.1) is 24.0 Å². The molecule has 0 radical (unpaired) electrons. The molecule has 3 aromatic carbocycles. The number of hydrazone groups is 1. The van der Waals surface area contributed by atoms with Crippen LogP contribution in [0, 0.1) is 13.8 Å². The summed E-state index contributed by atoms with van der Waals surface area (Å²) in [6, 6.07) is 18.2. The third kappa shape index (κ3) is 6.94. The zero-order chi connectivity index (χ0) is 24.5. The largest absolute Gasteiger partial charge is 0.493 e. The fourth-order valence-electron chi connectivity index (χ4n) is 2.98. The van der Waals surface area contributed by atoms with Crippen LogP contribution in [0.25, 0.3) is 0 Å². The van der Waals surface area contributed by atoms with Crippen LogP contribution in [0.15, 0.2) is 65.8 Å². The van der Waals surface area contributed by atoms with Crippen molar-refractivity contribution in [1.29, 1.82) is 0 Å². The van der Waals surface area contributed by atoms with Crippen LogP contribution >= 0.6 is 23.8 Å². The van der Waals surface area contributed by atoms with Gasteiger partial charge < -0.3 is 20.1 Å². The molecule has 9 heteroatoms. The van der Waals surface area contributed by atoms with E-state index in [1.54, 1.807) is 48.7 Å². The molecule has 0 aromatic heterocycles. The molecule has 0 heterocycles. The van der Waals surface area contributed by atoms with Crippen LogP contribution < -0.4 is 25.5 Å². The number of nitrogens with zero attached hydrogens (tertiary/aromatic N) is 1. The molecule has 3 N–H and O–H groups in total. The van der Waals surface area contributed by atoms with E-state index in [-0.39, 0.29) is 12.5 Å². The molecule has 0 unspecified atom stereocenters. The Morgan fingerprint density at radius 2 is 1.79 bits per heavy atom. The van der Waals surface area contributed by atoms with Gasteiger partial charge in [-0.15, -0.1) is 0 Å². The number of rotatable bonds is 8. The molecule has 0 saturated carbocycles. The Bertz CT molecular complexity index is 1220. The normalized spacial score (nSPS) is 10.6. The van der Waals surface area contributed by atoms with Crippen molar-refractivity contribution < 1.29 is 14.3 Å². The number of hydrogen-bond donors (Lipinski definition) is 3. The molecule has 0 bridgehead atoms. The summed E-state index contributed by atoms with van der Waals surface area (Å²) in [5, 5.41) is 10.8. The fraction of sp³-hybridized carbons (Fsp3) is 0.160. The molecule has 1 amide bonds. The van der Waals surface area contributed by atoms with Gasteiger partial charge in [-0.25, -0.2) is 0 Å². The SMILES string of the molecule is COc1cc(/C=N/NC(=S)Nc2cccc(C)c2C)ccc1OCC(=O)Nc1ccccc1Cl. The number of nitrogens with one attached hydrogen (secondary N) is 3. The number of carbonyl (C=O) groups is 1. The van der Waals surface area contributed by atoms with Gasteiger partial charge in [-0.3, -0.25) is 10.2 Å². The highest BCUT2D eigenvalue weighted by molar-refractivity contribution is 7.80. The maximum atomic E-state index is 12.2. The maximum absolute atomic E-state index is 12.2. The number of amides is 1. The fourth-order valence-corrected chi connectivity index (χ4v) is 3.32. The van der Waals surface area contributed by atoms with Crippen molar-refractivity contribution in [2.75, 3.05) is 24.4 Å². The number of ether oxygens (including phenoxy) is 2. The number of methoxy groups -OCH3 is 1. The minimum absolute atomic E-state index is 0.200. The summed E-state index contributed by atoms with van der Waals surface area (Å²) in [4.78, 5) is 12.2. The molecule has 3 rings (SSSR count). The van der Waals surface area contributed by atoms with Gasteiger partial charge in [-0.2, -0.15) is 5.10 Å². The lowest BCUT2D eigenvalue weighted by atomic mass is 10.1. The molecule has 176 valence electrons. The molecule has 0 atom stereocenters. The molecule has 0 fully saturated rings. The lowest BCUT2D eigenvalue weighted by Crippen LogP contribution is -2.24. The monoisotopic (exact) mass is 496 g/mol. The number of hydrogen-bond acceptors (Lipinski definition) is 5. The predicted molar refractivity (Wildman–Crippen MR) is 141 cm³/mol. The molecule has 0 aliphatic carbocycles. The molecule has 0 saturated heterocycles. The highest BCUT2D eigenvalue weighted by Gasteiger charge is 2.10. The summed E-state index contributed by atoms with van der Waals surface area (Å²) < 4.78 is 11.0. The zero-order valence-corrected chi connectivity index (χ0v) is 20.6. The number of benzene rings is 3. The summed E-state index contributed by atoms with van der Waals surface area (Å²) in [7, 11) is 1.52. The van der Waals surface area contributed by atoms with Gasteiger partial charge in [0.2, 0.25) is 0 Å². The first kappa shape index (κ1) is 25.0. The first-order valence-electron chi connectivity index (χ1n) is 10.4. The van der Waals surface area contributed by atoms with Crippen molar-refractivity contribution in [3.63, 3.8) is 0 Å². The Balaban J connectivity index is 1.55. The highest BCUT2D eigenvalue weighted by atomic mass is 35.5. The van der Waals surface area contributed by atoms with Crippen molar-refractivity contribution in [1.82, 2.24) is 5.43 Å². The van der Waals surface area contributed by atoms with Crippen LogP contribution in [-0.4, -0.2) is 31.0 Å². The second-order valence-electron chi connectivity index (χ2n) is 7.30. The van der Waals surface area contributed by atoms with Gasteiger partial charge in [-0.1, -0.05) is 35.9 Å². The van der Waals surface area contributed by atoms with Gasteiger partial charge in [-0.05, 0) is 79.2 Å². The van der Waals surface area contributed by atoms with E-state index in [0.717, 1.165) is 16.8 Å². The quantitative estimate of drug-likeness (QED) is 0.223. The first-order chi connectivity index (χ1) is 16.4. The van der Waals surface area contributed by atoms with Crippen LogP contribution in [-0.2, 0) is 4.79 Å². The maximum Gasteiger partial charge on any atom is 0.262 e. The Kier molecular flexibility index (Phi) is 8.84. The van der Waals surface area contributed by atoms with E-state index in [1.165, 1.54) is 12.7 Å². The third-order valence-corrected chi connectivity index (χ3v) is 5.45. The number of anilines is 2. The van der Waals surface area contributed by atoms with E-state index in [9.17, 15) is 4.79 Å². The van der Waals surface area contributed by atoms with E-state index >= 15 is 0 Å². The number of para-hydroxylation sites is 1. The van der Waals surface area contributed by atoms with Crippen LogP contribution in [0.3, 0.4) is 0 Å². The standard InChI is InChI=1S/C25H25ClN4O3S/c1-16-7-6-10-20(17(16)2)29-25(34)30-27-14-18-11-12-22(23(13-18)32-3)33-15-24(31)28-21-9-5-4-8-19(21)26/h4-14H,15H2,1-3H3,(H,28,31)(H2,29,30,34)/b27-14+. The summed E-state index contributed by atoms with van der Waals surface area (Å²) >= 11 is 11.4. The molecule has 0 spiro atoms. The van der Waals surface area contributed by atoms with Gasteiger partial charge in [0, 0.05) is 5.69 Å². The second kappa shape index (κ2) is 12.0.